The molecule has 0 unspecified atom stereocenters. The SMILES string of the molecule is CC(C)(C)C(=O)N(O)Cc1ccc(Nc2ccc(F)cc2F)cc1. The number of hydrogen-bond acceptors (Lipinski definition) is 3. The van der Waals surface area contributed by atoms with Crippen LogP contribution in [0.1, 0.15) is 26.3 Å². The highest BCUT2D eigenvalue weighted by atomic mass is 19.1. The third-order valence-corrected chi connectivity index (χ3v) is 3.37. The fraction of sp³-hybridized carbons (Fsp3) is 0.278. The van der Waals surface area contributed by atoms with E-state index in [9.17, 15) is 18.8 Å². The third kappa shape index (κ3) is 4.52. The first kappa shape index (κ1) is 17.9. The predicted octanol–water partition coefficient (Wildman–Crippen LogP) is 4.47. The number of amides is 1. The van der Waals surface area contributed by atoms with E-state index in [-0.39, 0.29) is 18.1 Å². The maximum atomic E-state index is 13.6. The Morgan fingerprint density at radius 2 is 1.75 bits per heavy atom. The van der Waals surface area contributed by atoms with E-state index >= 15 is 0 Å². The van der Waals surface area contributed by atoms with Gasteiger partial charge in [0.1, 0.15) is 11.6 Å². The van der Waals surface area contributed by atoms with Gasteiger partial charge in [-0.15, -0.1) is 0 Å². The van der Waals surface area contributed by atoms with Gasteiger partial charge < -0.3 is 5.32 Å². The Balaban J connectivity index is 2.04. The monoisotopic (exact) mass is 334 g/mol. The van der Waals surface area contributed by atoms with E-state index in [0.29, 0.717) is 10.8 Å². The van der Waals surface area contributed by atoms with Crippen LogP contribution in [0.15, 0.2) is 42.5 Å². The lowest BCUT2D eigenvalue weighted by Gasteiger charge is -2.24. The van der Waals surface area contributed by atoms with Crippen molar-refractivity contribution in [1.29, 1.82) is 0 Å². The van der Waals surface area contributed by atoms with Gasteiger partial charge in [-0.05, 0) is 29.8 Å². The van der Waals surface area contributed by atoms with Crippen LogP contribution in [-0.2, 0) is 11.3 Å². The zero-order chi connectivity index (χ0) is 17.9. The van der Waals surface area contributed by atoms with Crippen molar-refractivity contribution >= 4 is 17.3 Å². The number of carbonyl (C=O) groups excluding carboxylic acids is 1. The highest BCUT2D eigenvalue weighted by molar-refractivity contribution is 5.80. The normalized spacial score (nSPS) is 11.2. The second-order valence-electron chi connectivity index (χ2n) is 6.56. The molecule has 0 radical (unpaired) electrons. The second-order valence-corrected chi connectivity index (χ2v) is 6.56. The molecule has 4 nitrogen and oxygen atoms in total. The minimum atomic E-state index is -0.684. The summed E-state index contributed by atoms with van der Waals surface area (Å²) in [6.45, 7) is 5.23. The molecule has 2 aromatic carbocycles. The van der Waals surface area contributed by atoms with Crippen molar-refractivity contribution in [2.45, 2.75) is 27.3 Å². The molecule has 0 aliphatic carbocycles. The molecule has 24 heavy (non-hydrogen) atoms. The Kier molecular flexibility index (Phi) is 5.19. The smallest absolute Gasteiger partial charge is 0.251 e. The van der Waals surface area contributed by atoms with Gasteiger partial charge in [0.15, 0.2) is 0 Å². The number of halogens is 2. The lowest BCUT2D eigenvalue weighted by atomic mass is 9.95. The summed E-state index contributed by atoms with van der Waals surface area (Å²) in [6, 6.07) is 10.1. The van der Waals surface area contributed by atoms with Crippen molar-refractivity contribution in [1.82, 2.24) is 5.06 Å². The average molecular weight is 334 g/mol. The molecule has 0 heterocycles. The minimum Gasteiger partial charge on any atom is -0.353 e. The van der Waals surface area contributed by atoms with E-state index in [1.165, 1.54) is 12.1 Å². The summed E-state index contributed by atoms with van der Waals surface area (Å²) >= 11 is 0. The average Bonchev–Trinajstić information content (AvgIpc) is 2.50. The van der Waals surface area contributed by atoms with Crippen molar-refractivity contribution in [3.05, 3.63) is 59.7 Å². The molecule has 0 aromatic heterocycles. The molecule has 0 fully saturated rings. The quantitative estimate of drug-likeness (QED) is 0.640. The van der Waals surface area contributed by atoms with Crippen LogP contribution in [0.5, 0.6) is 0 Å². The van der Waals surface area contributed by atoms with Crippen LogP contribution in [-0.4, -0.2) is 16.2 Å². The number of hydrogen-bond donors (Lipinski definition) is 2. The van der Waals surface area contributed by atoms with E-state index in [0.717, 1.165) is 11.6 Å². The summed E-state index contributed by atoms with van der Waals surface area (Å²) in [4.78, 5) is 11.9. The van der Waals surface area contributed by atoms with Gasteiger partial charge in [-0.2, -0.15) is 0 Å². The minimum absolute atomic E-state index is 0.0568. The molecule has 2 rings (SSSR count). The van der Waals surface area contributed by atoms with Gasteiger partial charge in [0.25, 0.3) is 5.91 Å². The Morgan fingerprint density at radius 1 is 1.12 bits per heavy atom. The first-order valence-corrected chi connectivity index (χ1v) is 7.48. The van der Waals surface area contributed by atoms with Crippen molar-refractivity contribution in [2.75, 3.05) is 5.32 Å². The third-order valence-electron chi connectivity index (χ3n) is 3.37. The first-order chi connectivity index (χ1) is 11.2. The van der Waals surface area contributed by atoms with Gasteiger partial charge in [0.2, 0.25) is 0 Å². The molecule has 0 spiro atoms. The second kappa shape index (κ2) is 6.97. The van der Waals surface area contributed by atoms with Gasteiger partial charge in [0, 0.05) is 17.2 Å². The fourth-order valence-corrected chi connectivity index (χ4v) is 2.07. The largest absolute Gasteiger partial charge is 0.353 e. The molecule has 1 amide bonds. The molecular formula is C18H20F2N2O2. The maximum Gasteiger partial charge on any atom is 0.251 e. The highest BCUT2D eigenvalue weighted by Gasteiger charge is 2.26. The molecule has 2 N–H and O–H groups in total. The zero-order valence-corrected chi connectivity index (χ0v) is 13.8. The van der Waals surface area contributed by atoms with Gasteiger partial charge in [0.05, 0.1) is 12.2 Å². The number of nitrogens with one attached hydrogen (secondary N) is 1. The summed E-state index contributed by atoms with van der Waals surface area (Å²) in [5, 5.41) is 13.4. The molecule has 0 aliphatic heterocycles. The number of anilines is 2. The van der Waals surface area contributed by atoms with Crippen LogP contribution in [0.4, 0.5) is 20.2 Å². The Hall–Kier alpha value is -2.47. The van der Waals surface area contributed by atoms with Crippen molar-refractivity contribution in [3.8, 4) is 0 Å². The molecule has 0 atom stereocenters. The summed E-state index contributed by atoms with van der Waals surface area (Å²) in [5.41, 5.74) is 0.822. The lowest BCUT2D eigenvalue weighted by molar-refractivity contribution is -0.177. The zero-order valence-electron chi connectivity index (χ0n) is 13.8. The van der Waals surface area contributed by atoms with Crippen LogP contribution in [0.3, 0.4) is 0 Å². The Labute approximate surface area is 139 Å². The Bertz CT molecular complexity index is 725. The number of carbonyl (C=O) groups is 1. The molecule has 0 aliphatic rings. The number of rotatable bonds is 4. The molecule has 0 saturated heterocycles. The van der Waals surface area contributed by atoms with E-state index in [2.05, 4.69) is 5.32 Å². The first-order valence-electron chi connectivity index (χ1n) is 7.48. The molecule has 6 heteroatoms. The molecular weight excluding hydrogens is 314 g/mol. The molecule has 0 bridgehead atoms. The lowest BCUT2D eigenvalue weighted by Crippen LogP contribution is -2.36. The van der Waals surface area contributed by atoms with Gasteiger partial charge in [-0.25, -0.2) is 13.8 Å². The fourth-order valence-electron chi connectivity index (χ4n) is 2.07. The van der Waals surface area contributed by atoms with Gasteiger partial charge >= 0.3 is 0 Å². The van der Waals surface area contributed by atoms with Crippen LogP contribution in [0.2, 0.25) is 0 Å². The maximum absolute atomic E-state index is 13.6. The van der Waals surface area contributed by atoms with E-state index in [4.69, 9.17) is 0 Å². The van der Waals surface area contributed by atoms with Crippen LogP contribution in [0, 0.1) is 17.0 Å². The van der Waals surface area contributed by atoms with Crippen molar-refractivity contribution in [3.63, 3.8) is 0 Å². The van der Waals surface area contributed by atoms with E-state index < -0.39 is 17.0 Å². The van der Waals surface area contributed by atoms with Crippen molar-refractivity contribution in [2.24, 2.45) is 5.41 Å². The summed E-state index contributed by atoms with van der Waals surface area (Å²) < 4.78 is 26.5. The highest BCUT2D eigenvalue weighted by Crippen LogP contribution is 2.22. The summed E-state index contributed by atoms with van der Waals surface area (Å²) in [5.74, 6) is -1.70. The Morgan fingerprint density at radius 3 is 2.29 bits per heavy atom. The predicted molar refractivity (Wildman–Crippen MR) is 87.9 cm³/mol. The van der Waals surface area contributed by atoms with Crippen molar-refractivity contribution < 1.29 is 18.8 Å². The van der Waals surface area contributed by atoms with E-state index in [1.54, 1.807) is 45.0 Å². The molecule has 0 saturated carbocycles. The number of nitrogens with zero attached hydrogens (tertiary/aromatic N) is 1. The van der Waals surface area contributed by atoms with Crippen LogP contribution in [0.25, 0.3) is 0 Å². The molecule has 128 valence electrons. The van der Waals surface area contributed by atoms with Gasteiger partial charge in [-0.1, -0.05) is 32.9 Å². The summed E-state index contributed by atoms with van der Waals surface area (Å²) in [7, 11) is 0. The number of benzene rings is 2. The van der Waals surface area contributed by atoms with Crippen LogP contribution >= 0.6 is 0 Å². The molecule has 2 aromatic rings. The number of hydroxylamine groups is 2. The van der Waals surface area contributed by atoms with E-state index in [1.807, 2.05) is 0 Å². The topological polar surface area (TPSA) is 52.6 Å². The van der Waals surface area contributed by atoms with Gasteiger partial charge in [-0.3, -0.25) is 10.0 Å². The summed E-state index contributed by atoms with van der Waals surface area (Å²) in [6.07, 6.45) is 0. The standard InChI is InChI=1S/C18H20F2N2O2/c1-18(2,3)17(23)22(24)11-12-4-7-14(8-5-12)21-16-9-6-13(19)10-15(16)20/h4-10,21,24H,11H2,1-3H3. The van der Waals surface area contributed by atoms with Crippen LogP contribution < -0.4 is 5.32 Å².